The standard InChI is InChI=1S/C15H13NO3S/c1-8(2)14-16-12(15(17)18)13(20-14)10-7-19-11-6-4-3-5-9(10)11/h3-8H,1-2H3,(H,17,18). The van der Waals surface area contributed by atoms with Crippen molar-refractivity contribution >= 4 is 28.3 Å². The van der Waals surface area contributed by atoms with Crippen molar-refractivity contribution in [3.63, 3.8) is 0 Å². The largest absolute Gasteiger partial charge is 0.476 e. The summed E-state index contributed by atoms with van der Waals surface area (Å²) in [7, 11) is 0. The third kappa shape index (κ3) is 2.00. The van der Waals surface area contributed by atoms with Gasteiger partial charge in [0.1, 0.15) is 11.8 Å². The van der Waals surface area contributed by atoms with Gasteiger partial charge in [0.05, 0.1) is 9.88 Å². The molecule has 0 amide bonds. The second-order valence-corrected chi connectivity index (χ2v) is 5.87. The zero-order chi connectivity index (χ0) is 14.3. The van der Waals surface area contributed by atoms with E-state index in [1.165, 1.54) is 11.3 Å². The van der Waals surface area contributed by atoms with Crippen LogP contribution in [0.5, 0.6) is 0 Å². The average molecular weight is 287 g/mol. The molecular weight excluding hydrogens is 274 g/mol. The number of aromatic carboxylic acids is 1. The van der Waals surface area contributed by atoms with Gasteiger partial charge in [0.25, 0.3) is 0 Å². The molecule has 1 N–H and O–H groups in total. The van der Waals surface area contributed by atoms with Crippen LogP contribution in [0.25, 0.3) is 21.4 Å². The van der Waals surface area contributed by atoms with Gasteiger partial charge in [-0.1, -0.05) is 32.0 Å². The first-order valence-electron chi connectivity index (χ1n) is 6.28. The minimum absolute atomic E-state index is 0.102. The fraction of sp³-hybridized carbons (Fsp3) is 0.200. The monoisotopic (exact) mass is 287 g/mol. The van der Waals surface area contributed by atoms with Gasteiger partial charge in [-0.3, -0.25) is 0 Å². The minimum Gasteiger partial charge on any atom is -0.476 e. The van der Waals surface area contributed by atoms with Gasteiger partial charge in [-0.05, 0) is 6.07 Å². The zero-order valence-electron chi connectivity index (χ0n) is 11.1. The summed E-state index contributed by atoms with van der Waals surface area (Å²) in [5, 5.41) is 11.1. The summed E-state index contributed by atoms with van der Waals surface area (Å²) in [6.45, 7) is 4.00. The molecule has 0 aliphatic carbocycles. The maximum atomic E-state index is 11.4. The van der Waals surface area contributed by atoms with Crippen LogP contribution in [0.4, 0.5) is 0 Å². The van der Waals surface area contributed by atoms with Crippen molar-refractivity contribution in [3.8, 4) is 10.4 Å². The van der Waals surface area contributed by atoms with E-state index in [4.69, 9.17) is 4.42 Å². The Labute approximate surface area is 119 Å². The molecule has 2 aromatic heterocycles. The maximum Gasteiger partial charge on any atom is 0.356 e. The molecule has 1 aromatic carbocycles. The highest BCUT2D eigenvalue weighted by molar-refractivity contribution is 7.15. The number of fused-ring (bicyclic) bond motifs is 1. The number of furan rings is 1. The van der Waals surface area contributed by atoms with Crippen LogP contribution in [-0.4, -0.2) is 16.1 Å². The first kappa shape index (κ1) is 12.9. The number of carbonyl (C=O) groups is 1. The van der Waals surface area contributed by atoms with Gasteiger partial charge in [0.2, 0.25) is 0 Å². The maximum absolute atomic E-state index is 11.4. The third-order valence-corrected chi connectivity index (χ3v) is 4.45. The lowest BCUT2D eigenvalue weighted by Crippen LogP contribution is -1.99. The molecule has 3 rings (SSSR count). The van der Waals surface area contributed by atoms with Crippen LogP contribution in [0.15, 0.2) is 34.9 Å². The SMILES string of the molecule is CC(C)c1nc(C(=O)O)c(-c2coc3ccccc23)s1. The predicted molar refractivity (Wildman–Crippen MR) is 78.4 cm³/mol. The Kier molecular flexibility index (Phi) is 3.06. The second kappa shape index (κ2) is 4.76. The molecule has 20 heavy (non-hydrogen) atoms. The van der Waals surface area contributed by atoms with E-state index < -0.39 is 5.97 Å². The molecule has 5 heteroatoms. The molecule has 3 aromatic rings. The Balaban J connectivity index is 2.25. The first-order valence-corrected chi connectivity index (χ1v) is 7.10. The molecule has 2 heterocycles. The van der Waals surface area contributed by atoms with E-state index in [9.17, 15) is 9.90 Å². The van der Waals surface area contributed by atoms with Crippen LogP contribution in [0.3, 0.4) is 0 Å². The molecule has 0 saturated heterocycles. The molecule has 0 atom stereocenters. The number of para-hydroxylation sites is 1. The van der Waals surface area contributed by atoms with Gasteiger partial charge in [-0.25, -0.2) is 9.78 Å². The van der Waals surface area contributed by atoms with Crippen molar-refractivity contribution in [2.75, 3.05) is 0 Å². The van der Waals surface area contributed by atoms with Crippen molar-refractivity contribution in [1.82, 2.24) is 4.98 Å². The Bertz CT molecular complexity index is 785. The number of hydrogen-bond donors (Lipinski definition) is 1. The molecular formula is C15H13NO3S. The summed E-state index contributed by atoms with van der Waals surface area (Å²) in [5.41, 5.74) is 1.64. The Morgan fingerprint density at radius 2 is 2.10 bits per heavy atom. The van der Waals surface area contributed by atoms with Crippen molar-refractivity contribution in [2.45, 2.75) is 19.8 Å². The molecule has 0 saturated carbocycles. The third-order valence-electron chi connectivity index (χ3n) is 3.07. The second-order valence-electron chi connectivity index (χ2n) is 4.84. The molecule has 4 nitrogen and oxygen atoms in total. The van der Waals surface area contributed by atoms with E-state index in [0.717, 1.165) is 21.5 Å². The van der Waals surface area contributed by atoms with E-state index in [1.807, 2.05) is 38.1 Å². The lowest BCUT2D eigenvalue weighted by Gasteiger charge is -1.96. The number of nitrogens with zero attached hydrogens (tertiary/aromatic N) is 1. The molecule has 102 valence electrons. The normalized spacial score (nSPS) is 11.3. The summed E-state index contributed by atoms with van der Waals surface area (Å²) in [4.78, 5) is 16.3. The topological polar surface area (TPSA) is 63.3 Å². The number of thiazole rings is 1. The van der Waals surface area contributed by atoms with Crippen molar-refractivity contribution in [1.29, 1.82) is 0 Å². The zero-order valence-corrected chi connectivity index (χ0v) is 11.9. The molecule has 0 unspecified atom stereocenters. The first-order chi connectivity index (χ1) is 9.58. The predicted octanol–water partition coefficient (Wildman–Crippen LogP) is 4.38. The Morgan fingerprint density at radius 1 is 1.35 bits per heavy atom. The lowest BCUT2D eigenvalue weighted by atomic mass is 10.1. The molecule has 0 aliphatic rings. The summed E-state index contributed by atoms with van der Waals surface area (Å²) >= 11 is 1.42. The highest BCUT2D eigenvalue weighted by Crippen LogP contribution is 2.38. The fourth-order valence-electron chi connectivity index (χ4n) is 2.06. The number of carboxylic acid groups (broad SMARTS) is 1. The fourth-order valence-corrected chi connectivity index (χ4v) is 3.14. The van der Waals surface area contributed by atoms with Crippen molar-refractivity contribution < 1.29 is 14.3 Å². The van der Waals surface area contributed by atoms with E-state index in [2.05, 4.69) is 4.98 Å². The summed E-state index contributed by atoms with van der Waals surface area (Å²) < 4.78 is 5.49. The van der Waals surface area contributed by atoms with Gasteiger partial charge in [0, 0.05) is 16.9 Å². The number of hydrogen-bond acceptors (Lipinski definition) is 4. The summed E-state index contributed by atoms with van der Waals surface area (Å²) in [5.74, 6) is -0.807. The van der Waals surface area contributed by atoms with Crippen LogP contribution in [0.1, 0.15) is 35.3 Å². The van der Waals surface area contributed by atoms with E-state index in [-0.39, 0.29) is 11.6 Å². The average Bonchev–Trinajstić information content (AvgIpc) is 3.02. The number of aromatic nitrogens is 1. The van der Waals surface area contributed by atoms with Crippen LogP contribution >= 0.6 is 11.3 Å². The van der Waals surface area contributed by atoms with Crippen molar-refractivity contribution in [2.24, 2.45) is 0 Å². The van der Waals surface area contributed by atoms with Crippen LogP contribution in [0, 0.1) is 0 Å². The summed E-state index contributed by atoms with van der Waals surface area (Å²) in [6, 6.07) is 7.59. The van der Waals surface area contributed by atoms with Gasteiger partial charge in [-0.2, -0.15) is 0 Å². The Hall–Kier alpha value is -2.14. The number of carboxylic acids is 1. The van der Waals surface area contributed by atoms with Crippen LogP contribution < -0.4 is 0 Å². The van der Waals surface area contributed by atoms with E-state index in [1.54, 1.807) is 6.26 Å². The van der Waals surface area contributed by atoms with Gasteiger partial charge in [0.15, 0.2) is 5.69 Å². The molecule has 0 fully saturated rings. The van der Waals surface area contributed by atoms with Gasteiger partial charge >= 0.3 is 5.97 Å². The molecule has 0 spiro atoms. The molecule has 0 radical (unpaired) electrons. The quantitative estimate of drug-likeness (QED) is 0.776. The summed E-state index contributed by atoms with van der Waals surface area (Å²) in [6.07, 6.45) is 1.61. The van der Waals surface area contributed by atoms with Crippen LogP contribution in [-0.2, 0) is 0 Å². The molecule has 0 aliphatic heterocycles. The molecule has 0 bridgehead atoms. The van der Waals surface area contributed by atoms with Gasteiger partial charge in [-0.15, -0.1) is 11.3 Å². The number of rotatable bonds is 3. The number of benzene rings is 1. The lowest BCUT2D eigenvalue weighted by molar-refractivity contribution is 0.0692. The minimum atomic E-state index is -1.01. The highest BCUT2D eigenvalue weighted by atomic mass is 32.1. The van der Waals surface area contributed by atoms with Gasteiger partial charge < -0.3 is 9.52 Å². The Morgan fingerprint density at radius 3 is 2.80 bits per heavy atom. The van der Waals surface area contributed by atoms with Crippen LogP contribution in [0.2, 0.25) is 0 Å². The van der Waals surface area contributed by atoms with Crippen molar-refractivity contribution in [3.05, 3.63) is 41.2 Å². The van der Waals surface area contributed by atoms with E-state index in [0.29, 0.717) is 4.88 Å². The smallest absolute Gasteiger partial charge is 0.356 e. The van der Waals surface area contributed by atoms with E-state index >= 15 is 0 Å². The highest BCUT2D eigenvalue weighted by Gasteiger charge is 2.22.